The molecule has 3 nitrogen and oxygen atoms in total. The predicted molar refractivity (Wildman–Crippen MR) is 163 cm³/mol. The molecule has 0 N–H and O–H groups in total. The van der Waals surface area contributed by atoms with E-state index >= 15 is 0 Å². The fourth-order valence-electron chi connectivity index (χ4n) is 4.57. The number of hydrogen-bond donors (Lipinski definition) is 0. The minimum Gasteiger partial charge on any atom is -0.499 e. The molecule has 0 saturated carbocycles. The molecule has 0 aliphatic carbocycles. The van der Waals surface area contributed by atoms with Gasteiger partial charge in [-0.05, 0) is 52.1 Å². The van der Waals surface area contributed by atoms with Crippen LogP contribution in [-0.4, -0.2) is 9.97 Å². The van der Waals surface area contributed by atoms with Crippen molar-refractivity contribution in [1.29, 1.82) is 0 Å². The normalized spacial score (nSPS) is 12.4. The molecule has 4 aromatic heterocycles. The Bertz CT molecular complexity index is 1920. The van der Waals surface area contributed by atoms with E-state index < -0.39 is 11.8 Å². The van der Waals surface area contributed by atoms with E-state index in [-0.39, 0.29) is 20.1 Å². The molecule has 0 atom stereocenters. The van der Waals surface area contributed by atoms with Crippen LogP contribution in [0, 0.1) is 17.5 Å². The van der Waals surface area contributed by atoms with Crippen LogP contribution in [0.3, 0.4) is 0 Å². The number of nitrogens with zero attached hydrogens (tertiary/aromatic N) is 2. The largest absolute Gasteiger partial charge is 0.499 e. The molecule has 0 aliphatic heterocycles. The van der Waals surface area contributed by atoms with Gasteiger partial charge < -0.3 is 14.4 Å². The van der Waals surface area contributed by atoms with Crippen molar-refractivity contribution in [2.24, 2.45) is 5.41 Å². The summed E-state index contributed by atoms with van der Waals surface area (Å²) in [6, 6.07) is 33.9. The van der Waals surface area contributed by atoms with Crippen LogP contribution in [0.5, 0.6) is 0 Å². The number of pyridine rings is 2. The Hall–Kier alpha value is -3.63. The Labute approximate surface area is 255 Å². The summed E-state index contributed by atoms with van der Waals surface area (Å²) >= 11 is 1.67. The first-order chi connectivity index (χ1) is 19.7. The summed E-state index contributed by atoms with van der Waals surface area (Å²) in [5.74, 6) is 0. The molecule has 0 saturated heterocycles. The maximum atomic E-state index is 8.61. The summed E-state index contributed by atoms with van der Waals surface area (Å²) in [5.41, 5.74) is 5.14. The summed E-state index contributed by atoms with van der Waals surface area (Å²) in [6.07, 6.45) is 1.97. The second-order valence-corrected chi connectivity index (χ2v) is 11.2. The average molecular weight is 719 g/mol. The standard InChI is InChI=1S/C24H20NOS.C11H8N.Ir/c1-24(2,3)14-15-9-11-25-20(13-15)19-6-4-5-17-18-8-7-16-10-12-27-23(16)22(18)26-21(17)19;1-2-6-10(7-3-1)11-8-4-5-9-12-11;/h4-5,7-13H,14H2,1-3H3;1-6,8-9H;/q2*-1;/i14D2;;. The van der Waals surface area contributed by atoms with Crippen molar-refractivity contribution >= 4 is 43.4 Å². The first kappa shape index (κ1) is 25.3. The average Bonchev–Trinajstić information content (AvgIpc) is 3.63. The first-order valence-electron chi connectivity index (χ1n) is 13.8. The van der Waals surface area contributed by atoms with Crippen molar-refractivity contribution < 1.29 is 27.3 Å². The molecule has 5 heteroatoms. The number of thiophene rings is 1. The molecular weight excluding hydrogens is 689 g/mol. The second-order valence-electron chi connectivity index (χ2n) is 10.3. The number of hydrogen-bond acceptors (Lipinski definition) is 4. The van der Waals surface area contributed by atoms with E-state index in [1.807, 2.05) is 81.4 Å². The molecule has 7 rings (SSSR count). The van der Waals surface area contributed by atoms with Crippen molar-refractivity contribution in [3.05, 3.63) is 120 Å². The van der Waals surface area contributed by atoms with Gasteiger partial charge in [-0.3, -0.25) is 0 Å². The minimum absolute atomic E-state index is 0. The molecule has 0 unspecified atom stereocenters. The number of aromatic nitrogens is 2. The van der Waals surface area contributed by atoms with Gasteiger partial charge in [-0.25, -0.2) is 0 Å². The maximum Gasteiger partial charge on any atom is 0.138 e. The topological polar surface area (TPSA) is 38.9 Å². The molecule has 7 aromatic rings. The number of rotatable bonds is 3. The number of furan rings is 1. The molecule has 0 fully saturated rings. The van der Waals surface area contributed by atoms with Crippen LogP contribution in [-0.2, 0) is 26.5 Å². The molecule has 0 amide bonds. The number of fused-ring (bicyclic) bond motifs is 5. The van der Waals surface area contributed by atoms with E-state index in [0.29, 0.717) is 11.3 Å². The van der Waals surface area contributed by atoms with E-state index in [1.54, 1.807) is 29.8 Å². The summed E-state index contributed by atoms with van der Waals surface area (Å²) in [6.45, 7) is 5.72. The zero-order valence-corrected chi connectivity index (χ0v) is 25.6. The molecule has 3 aromatic carbocycles. The fraction of sp³-hybridized carbons (Fsp3) is 0.143. The van der Waals surface area contributed by atoms with Crippen molar-refractivity contribution in [1.82, 2.24) is 9.97 Å². The van der Waals surface area contributed by atoms with Crippen LogP contribution >= 0.6 is 11.3 Å². The summed E-state index contributed by atoms with van der Waals surface area (Å²) in [4.78, 5) is 8.74. The van der Waals surface area contributed by atoms with Crippen LogP contribution in [0.2, 0.25) is 0 Å². The Balaban J connectivity index is 0.000000228. The van der Waals surface area contributed by atoms with Crippen LogP contribution in [0.25, 0.3) is 54.5 Å². The molecular formula is C35H28IrN2OS-2. The molecule has 0 spiro atoms. The van der Waals surface area contributed by atoms with E-state index in [4.69, 9.17) is 7.16 Å². The van der Waals surface area contributed by atoms with Gasteiger partial charge in [0.2, 0.25) is 0 Å². The molecule has 4 heterocycles. The third-order valence-corrected chi connectivity index (χ3v) is 7.13. The van der Waals surface area contributed by atoms with Crippen LogP contribution < -0.4 is 0 Å². The van der Waals surface area contributed by atoms with E-state index in [1.165, 1.54) is 5.39 Å². The van der Waals surface area contributed by atoms with Crippen LogP contribution in [0.1, 0.15) is 29.1 Å². The van der Waals surface area contributed by atoms with Gasteiger partial charge >= 0.3 is 0 Å². The smallest absolute Gasteiger partial charge is 0.138 e. The van der Waals surface area contributed by atoms with Gasteiger partial charge in [0.25, 0.3) is 0 Å². The van der Waals surface area contributed by atoms with Crippen molar-refractivity contribution in [2.75, 3.05) is 0 Å². The third kappa shape index (κ3) is 5.92. The van der Waals surface area contributed by atoms with Crippen molar-refractivity contribution in [3.63, 3.8) is 0 Å². The number of benzene rings is 3. The Kier molecular flexibility index (Phi) is 7.51. The van der Waals surface area contributed by atoms with Gasteiger partial charge in [0.1, 0.15) is 5.58 Å². The summed E-state index contributed by atoms with van der Waals surface area (Å²) < 4.78 is 24.7. The predicted octanol–water partition coefficient (Wildman–Crippen LogP) is 9.80. The molecule has 40 heavy (non-hydrogen) atoms. The van der Waals surface area contributed by atoms with Gasteiger partial charge in [0.15, 0.2) is 0 Å². The van der Waals surface area contributed by atoms with Crippen LogP contribution in [0.15, 0.2) is 107 Å². The zero-order valence-electron chi connectivity index (χ0n) is 24.4. The van der Waals surface area contributed by atoms with Crippen LogP contribution in [0.4, 0.5) is 0 Å². The van der Waals surface area contributed by atoms with Gasteiger partial charge in [-0.1, -0.05) is 67.6 Å². The van der Waals surface area contributed by atoms with Gasteiger partial charge in [-0.15, -0.1) is 65.4 Å². The first-order valence-corrected chi connectivity index (χ1v) is 13.7. The minimum atomic E-state index is -1.49. The monoisotopic (exact) mass is 719 g/mol. The second kappa shape index (κ2) is 11.9. The Morgan fingerprint density at radius 1 is 0.825 bits per heavy atom. The van der Waals surface area contributed by atoms with E-state index in [0.717, 1.165) is 43.5 Å². The zero-order chi connectivity index (χ0) is 28.6. The van der Waals surface area contributed by atoms with Gasteiger partial charge in [0, 0.05) is 40.6 Å². The van der Waals surface area contributed by atoms with E-state index in [2.05, 4.69) is 45.7 Å². The molecule has 0 aliphatic rings. The Morgan fingerprint density at radius 2 is 1.65 bits per heavy atom. The third-order valence-electron chi connectivity index (χ3n) is 6.21. The maximum absolute atomic E-state index is 8.61. The van der Waals surface area contributed by atoms with Crippen molar-refractivity contribution in [2.45, 2.75) is 27.1 Å². The fourth-order valence-corrected chi connectivity index (χ4v) is 5.45. The van der Waals surface area contributed by atoms with Gasteiger partial charge in [0.05, 0.1) is 10.3 Å². The SMILES string of the molecule is [2H]C([2H])(c1ccnc(-c2[c-]ccc3c2oc2c3ccc3ccsc32)c1)C(C)(C)C.[Ir].[c-]1ccccc1-c1ccccn1. The molecule has 201 valence electrons. The quantitative estimate of drug-likeness (QED) is 0.171. The van der Waals surface area contributed by atoms with E-state index in [9.17, 15) is 0 Å². The Morgan fingerprint density at radius 3 is 2.42 bits per heavy atom. The molecule has 1 radical (unpaired) electrons. The van der Waals surface area contributed by atoms with Gasteiger partial charge in [-0.2, -0.15) is 0 Å². The van der Waals surface area contributed by atoms with Crippen molar-refractivity contribution in [3.8, 4) is 22.5 Å². The summed E-state index contributed by atoms with van der Waals surface area (Å²) in [7, 11) is 0. The molecule has 0 bridgehead atoms. The summed E-state index contributed by atoms with van der Waals surface area (Å²) in [5, 5.41) is 5.34.